The van der Waals surface area contributed by atoms with Gasteiger partial charge in [0.05, 0.1) is 22.1 Å². The number of hydrogen-bond donors (Lipinski definition) is 0. The minimum absolute atomic E-state index is 1.08. The van der Waals surface area contributed by atoms with Crippen molar-refractivity contribution in [2.45, 2.75) is 6.92 Å². The summed E-state index contributed by atoms with van der Waals surface area (Å²) in [6.45, 7) is 2.21. The molecule has 2 heterocycles. The van der Waals surface area contributed by atoms with Crippen molar-refractivity contribution in [1.82, 2.24) is 9.13 Å². The number of hydrogen-bond acceptors (Lipinski definition) is 2. The molecular formula is C75H52N4. The molecule has 13 aromatic carbocycles. The van der Waals surface area contributed by atoms with Crippen molar-refractivity contribution < 1.29 is 0 Å². The summed E-state index contributed by atoms with van der Waals surface area (Å²) in [5, 5.41) is 9.71. The molecule has 0 unspecified atom stereocenters. The largest absolute Gasteiger partial charge is 0.310 e. The summed E-state index contributed by atoms with van der Waals surface area (Å²) >= 11 is 0. The van der Waals surface area contributed by atoms with E-state index in [1.165, 1.54) is 81.8 Å². The fourth-order valence-corrected chi connectivity index (χ4v) is 12.5. The van der Waals surface area contributed by atoms with Gasteiger partial charge in [0.15, 0.2) is 0 Å². The monoisotopic (exact) mass is 1010 g/mol. The highest BCUT2D eigenvalue weighted by Crippen LogP contribution is 2.48. The predicted octanol–water partition coefficient (Wildman–Crippen LogP) is 20.8. The van der Waals surface area contributed by atoms with E-state index in [0.717, 1.165) is 56.6 Å². The van der Waals surface area contributed by atoms with Crippen molar-refractivity contribution in [3.63, 3.8) is 0 Å². The van der Waals surface area contributed by atoms with Gasteiger partial charge in [-0.25, -0.2) is 0 Å². The molecule has 0 fully saturated rings. The number of aromatic nitrogens is 2. The highest BCUT2D eigenvalue weighted by Gasteiger charge is 2.23. The Kier molecular flexibility index (Phi) is 11.0. The third-order valence-electron chi connectivity index (χ3n) is 15.9. The first-order chi connectivity index (χ1) is 39.1. The van der Waals surface area contributed by atoms with E-state index < -0.39 is 0 Å². The highest BCUT2D eigenvalue weighted by atomic mass is 15.1. The van der Waals surface area contributed by atoms with Crippen molar-refractivity contribution in [2.24, 2.45) is 0 Å². The van der Waals surface area contributed by atoms with Crippen LogP contribution in [-0.2, 0) is 0 Å². The zero-order valence-electron chi connectivity index (χ0n) is 43.6. The minimum Gasteiger partial charge on any atom is -0.310 e. The van der Waals surface area contributed by atoms with Gasteiger partial charge in [-0.1, -0.05) is 181 Å². The second-order valence-corrected chi connectivity index (χ2v) is 20.6. The predicted molar refractivity (Wildman–Crippen MR) is 335 cm³/mol. The molecule has 15 rings (SSSR count). The number of aryl methyl sites for hydroxylation is 1. The van der Waals surface area contributed by atoms with Gasteiger partial charge in [-0.3, -0.25) is 0 Å². The lowest BCUT2D eigenvalue weighted by atomic mass is 9.85. The Balaban J connectivity index is 0.887. The molecule has 15 aromatic rings. The Morgan fingerprint density at radius 1 is 0.228 bits per heavy atom. The third kappa shape index (κ3) is 7.76. The van der Waals surface area contributed by atoms with Crippen LogP contribution in [0.3, 0.4) is 0 Å². The van der Waals surface area contributed by atoms with Crippen LogP contribution in [0.4, 0.5) is 34.1 Å². The summed E-state index contributed by atoms with van der Waals surface area (Å²) in [7, 11) is 0. The van der Waals surface area contributed by atoms with Gasteiger partial charge >= 0.3 is 0 Å². The van der Waals surface area contributed by atoms with E-state index in [-0.39, 0.29) is 0 Å². The highest BCUT2D eigenvalue weighted by molar-refractivity contribution is 6.22. The summed E-state index contributed by atoms with van der Waals surface area (Å²) in [5.41, 5.74) is 19.5. The summed E-state index contributed by atoms with van der Waals surface area (Å²) < 4.78 is 4.76. The molecule has 2 aromatic heterocycles. The fourth-order valence-electron chi connectivity index (χ4n) is 12.5. The number of nitrogens with zero attached hydrogens (tertiary/aromatic N) is 4. The first kappa shape index (κ1) is 45.9. The van der Waals surface area contributed by atoms with Crippen LogP contribution in [0.25, 0.3) is 98.8 Å². The number of para-hydroxylation sites is 6. The van der Waals surface area contributed by atoms with Gasteiger partial charge in [0.1, 0.15) is 0 Å². The molecule has 0 aliphatic heterocycles. The average Bonchev–Trinajstić information content (AvgIpc) is 4.25. The van der Waals surface area contributed by atoms with Crippen LogP contribution in [0.2, 0.25) is 0 Å². The van der Waals surface area contributed by atoms with E-state index in [1.807, 2.05) is 0 Å². The van der Waals surface area contributed by atoms with Crippen LogP contribution >= 0.6 is 0 Å². The molecule has 4 nitrogen and oxygen atoms in total. The maximum atomic E-state index is 2.41. The van der Waals surface area contributed by atoms with Crippen molar-refractivity contribution in [1.29, 1.82) is 0 Å². The van der Waals surface area contributed by atoms with Crippen molar-refractivity contribution in [2.75, 3.05) is 9.80 Å². The summed E-state index contributed by atoms with van der Waals surface area (Å²) in [5.74, 6) is 0. The number of rotatable bonds is 10. The lowest BCUT2D eigenvalue weighted by Gasteiger charge is -2.27. The zero-order valence-corrected chi connectivity index (χ0v) is 43.6. The van der Waals surface area contributed by atoms with Crippen molar-refractivity contribution >= 4 is 99.3 Å². The molecule has 372 valence electrons. The molecule has 0 aliphatic carbocycles. The molecule has 4 heteroatoms. The molecule has 0 amide bonds. The van der Waals surface area contributed by atoms with E-state index in [9.17, 15) is 0 Å². The second kappa shape index (κ2) is 19.0. The summed E-state index contributed by atoms with van der Waals surface area (Å²) in [6.07, 6.45) is 0. The fraction of sp³-hybridized carbons (Fsp3) is 0.0133. The van der Waals surface area contributed by atoms with Gasteiger partial charge in [0, 0.05) is 67.0 Å². The molecular weight excluding hydrogens is 957 g/mol. The molecule has 79 heavy (non-hydrogen) atoms. The lowest BCUT2D eigenvalue weighted by Crippen LogP contribution is -2.10. The second-order valence-electron chi connectivity index (χ2n) is 20.6. The van der Waals surface area contributed by atoms with Gasteiger partial charge in [0.2, 0.25) is 0 Å². The van der Waals surface area contributed by atoms with Gasteiger partial charge < -0.3 is 18.9 Å². The molecule has 0 radical (unpaired) electrons. The van der Waals surface area contributed by atoms with Crippen LogP contribution in [0.1, 0.15) is 5.56 Å². The maximum absolute atomic E-state index is 2.41. The molecule has 0 N–H and O–H groups in total. The molecule has 0 spiro atoms. The molecule has 0 atom stereocenters. The summed E-state index contributed by atoms with van der Waals surface area (Å²) in [4.78, 5) is 4.81. The van der Waals surface area contributed by atoms with E-state index in [1.54, 1.807) is 0 Å². The normalized spacial score (nSPS) is 11.6. The van der Waals surface area contributed by atoms with Gasteiger partial charge in [-0.2, -0.15) is 0 Å². The smallest absolute Gasteiger partial charge is 0.0542 e. The first-order valence-electron chi connectivity index (χ1n) is 27.2. The molecule has 0 bridgehead atoms. The maximum Gasteiger partial charge on any atom is 0.0542 e. The lowest BCUT2D eigenvalue weighted by molar-refractivity contribution is 1.18. The van der Waals surface area contributed by atoms with Crippen LogP contribution < -0.4 is 9.80 Å². The third-order valence-corrected chi connectivity index (χ3v) is 15.9. The van der Waals surface area contributed by atoms with Gasteiger partial charge in [0.25, 0.3) is 0 Å². The van der Waals surface area contributed by atoms with E-state index >= 15 is 0 Å². The van der Waals surface area contributed by atoms with Crippen LogP contribution in [0.5, 0.6) is 0 Å². The Morgan fingerprint density at radius 3 is 1.05 bits per heavy atom. The minimum atomic E-state index is 1.08. The Labute approximate surface area is 459 Å². The topological polar surface area (TPSA) is 16.3 Å². The Hall–Kier alpha value is -10.4. The molecule has 0 saturated carbocycles. The van der Waals surface area contributed by atoms with Crippen molar-refractivity contribution in [3.8, 4) is 33.6 Å². The SMILES string of the molecule is Cc1ccc2c(-c3cccc(N(c4ccccc4)c4ccc5c(c4)c4ccccc4n5-c4ccccc4)c3)c3ccccc3c(-c3cccc(N(c4ccccc4)c4ccc5c(c4)c4ccccc4n5-c4ccccc4)c3)c2c1. The zero-order chi connectivity index (χ0) is 52.4. The molecule has 0 saturated heterocycles. The summed E-state index contributed by atoms with van der Waals surface area (Å²) in [6, 6.07) is 109. The Morgan fingerprint density at radius 2 is 0.582 bits per heavy atom. The van der Waals surface area contributed by atoms with E-state index in [0.29, 0.717) is 0 Å². The number of fused-ring (bicyclic) bond motifs is 8. The Bertz CT molecular complexity index is 4790. The van der Waals surface area contributed by atoms with Gasteiger partial charge in [-0.05, 0) is 172 Å². The molecule has 0 aliphatic rings. The number of anilines is 6. The van der Waals surface area contributed by atoms with Crippen LogP contribution in [0, 0.1) is 6.92 Å². The van der Waals surface area contributed by atoms with Crippen molar-refractivity contribution in [3.05, 3.63) is 303 Å². The number of benzene rings is 13. The quantitative estimate of drug-likeness (QED) is 0.127. The van der Waals surface area contributed by atoms with E-state index in [4.69, 9.17) is 0 Å². The van der Waals surface area contributed by atoms with E-state index in [2.05, 4.69) is 323 Å². The van der Waals surface area contributed by atoms with Gasteiger partial charge in [-0.15, -0.1) is 0 Å². The average molecular weight is 1010 g/mol. The standard InChI is InChI=1S/C75H52N4/c1-51-40-43-66-69(46-51)75(53-23-21-33-59(48-53)77(55-26-8-3-9-27-55)61-42-45-73-68(50-61)63-35-17-19-39-71(63)79(73)57-30-12-5-13-31-57)65-37-15-14-36-64(65)74(66)52-22-20-32-58(47-52)76(54-24-6-2-7-25-54)60-41-44-72-67(49-60)62-34-16-18-38-70(62)78(72)56-28-10-4-11-29-56/h2-50H,1H3. The first-order valence-corrected chi connectivity index (χ1v) is 27.2. The van der Waals surface area contributed by atoms with Crippen LogP contribution in [0.15, 0.2) is 297 Å². The van der Waals surface area contributed by atoms with Crippen LogP contribution in [-0.4, -0.2) is 9.13 Å².